The maximum atomic E-state index is 12.3. The number of nitrogens with zero attached hydrogens (tertiary/aromatic N) is 1. The number of carbonyl (C=O) groups excluding carboxylic acids is 2. The van der Waals surface area contributed by atoms with Gasteiger partial charge in [0.25, 0.3) is 5.91 Å². The summed E-state index contributed by atoms with van der Waals surface area (Å²) in [4.78, 5) is 27.5. The maximum absolute atomic E-state index is 12.3. The lowest BCUT2D eigenvalue weighted by Gasteiger charge is -2.32. The molecule has 3 rings (SSSR count). The highest BCUT2D eigenvalue weighted by Gasteiger charge is 2.24. The van der Waals surface area contributed by atoms with Gasteiger partial charge in [-0.2, -0.15) is 0 Å². The third-order valence-electron chi connectivity index (χ3n) is 4.83. The molecule has 1 N–H and O–H groups in total. The molecule has 1 aliphatic rings. The molecule has 2 aromatic rings. The smallest absolute Gasteiger partial charge is 0.258 e. The maximum Gasteiger partial charge on any atom is 0.258 e. The third-order valence-corrected chi connectivity index (χ3v) is 5.71. The lowest BCUT2D eigenvalue weighted by Crippen LogP contribution is -2.47. The van der Waals surface area contributed by atoms with Crippen molar-refractivity contribution in [2.24, 2.45) is 0 Å². The first-order chi connectivity index (χ1) is 13.2. The summed E-state index contributed by atoms with van der Waals surface area (Å²) in [5.74, 6) is 0.829. The molecule has 1 aromatic heterocycles. The fourth-order valence-electron chi connectivity index (χ4n) is 3.30. The number of piperidine rings is 1. The highest BCUT2D eigenvalue weighted by atomic mass is 32.1. The van der Waals surface area contributed by atoms with Crippen molar-refractivity contribution in [3.05, 3.63) is 52.2 Å². The molecule has 27 heavy (non-hydrogen) atoms. The van der Waals surface area contributed by atoms with E-state index in [0.29, 0.717) is 19.5 Å². The van der Waals surface area contributed by atoms with Gasteiger partial charge in [0.05, 0.1) is 6.42 Å². The van der Waals surface area contributed by atoms with E-state index in [0.717, 1.165) is 35.5 Å². The first kappa shape index (κ1) is 19.4. The second kappa shape index (κ2) is 9.55. The summed E-state index contributed by atoms with van der Waals surface area (Å²) < 4.78 is 5.67. The molecule has 0 atom stereocenters. The molecular weight excluding hydrogens is 360 g/mol. The Labute approximate surface area is 164 Å². The zero-order chi connectivity index (χ0) is 19.1. The summed E-state index contributed by atoms with van der Waals surface area (Å²) in [6, 6.07) is 11.9. The van der Waals surface area contributed by atoms with Crippen molar-refractivity contribution in [1.29, 1.82) is 0 Å². The van der Waals surface area contributed by atoms with Crippen molar-refractivity contribution in [2.75, 3.05) is 19.7 Å². The minimum atomic E-state index is -0.107. The Morgan fingerprint density at radius 2 is 1.96 bits per heavy atom. The lowest BCUT2D eigenvalue weighted by atomic mass is 10.0. The van der Waals surface area contributed by atoms with Crippen molar-refractivity contribution in [2.45, 2.75) is 38.6 Å². The number of nitrogens with one attached hydrogen (secondary N) is 1. The Balaban J connectivity index is 1.39. The van der Waals surface area contributed by atoms with Gasteiger partial charge in [-0.05, 0) is 42.3 Å². The average Bonchev–Trinajstić information content (AvgIpc) is 3.20. The van der Waals surface area contributed by atoms with Gasteiger partial charge in [0.2, 0.25) is 5.91 Å². The van der Waals surface area contributed by atoms with Crippen LogP contribution in [-0.2, 0) is 22.4 Å². The summed E-state index contributed by atoms with van der Waals surface area (Å²) in [5.41, 5.74) is 1.10. The van der Waals surface area contributed by atoms with E-state index < -0.39 is 0 Å². The van der Waals surface area contributed by atoms with Crippen LogP contribution in [0.15, 0.2) is 41.8 Å². The number of rotatable bonds is 7. The Bertz CT molecular complexity index is 753. The van der Waals surface area contributed by atoms with E-state index in [9.17, 15) is 9.59 Å². The van der Waals surface area contributed by atoms with Gasteiger partial charge in [-0.15, -0.1) is 11.3 Å². The molecule has 2 amide bonds. The number of benzene rings is 1. The second-order valence-corrected chi connectivity index (χ2v) is 7.76. The van der Waals surface area contributed by atoms with Crippen LogP contribution in [0.2, 0.25) is 0 Å². The third kappa shape index (κ3) is 5.57. The molecule has 1 saturated heterocycles. The van der Waals surface area contributed by atoms with Crippen molar-refractivity contribution >= 4 is 23.2 Å². The van der Waals surface area contributed by atoms with E-state index in [1.54, 1.807) is 11.3 Å². The van der Waals surface area contributed by atoms with E-state index in [1.165, 1.54) is 0 Å². The first-order valence-electron chi connectivity index (χ1n) is 9.46. The molecule has 5 nitrogen and oxygen atoms in total. The second-order valence-electron chi connectivity index (χ2n) is 6.73. The molecule has 1 aliphatic heterocycles. The number of ether oxygens (including phenoxy) is 1. The van der Waals surface area contributed by atoms with Crippen molar-refractivity contribution in [3.8, 4) is 5.75 Å². The topological polar surface area (TPSA) is 58.6 Å². The van der Waals surface area contributed by atoms with E-state index >= 15 is 0 Å². The highest BCUT2D eigenvalue weighted by Crippen LogP contribution is 2.18. The fraction of sp³-hybridized carbons (Fsp3) is 0.429. The largest absolute Gasteiger partial charge is 0.483 e. The average molecular weight is 387 g/mol. The number of hydrogen-bond donors (Lipinski definition) is 1. The van der Waals surface area contributed by atoms with Crippen molar-refractivity contribution in [3.63, 3.8) is 0 Å². The van der Waals surface area contributed by atoms with Crippen LogP contribution >= 0.6 is 11.3 Å². The van der Waals surface area contributed by atoms with Crippen LogP contribution in [-0.4, -0.2) is 42.5 Å². The Kier molecular flexibility index (Phi) is 6.87. The molecule has 2 heterocycles. The van der Waals surface area contributed by atoms with Crippen LogP contribution in [0.25, 0.3) is 0 Å². The molecule has 144 valence electrons. The molecule has 0 bridgehead atoms. The predicted octanol–water partition coefficient (Wildman–Crippen LogP) is 3.04. The Morgan fingerprint density at radius 1 is 1.19 bits per heavy atom. The normalized spacial score (nSPS) is 14.8. The minimum Gasteiger partial charge on any atom is -0.483 e. The predicted molar refractivity (Wildman–Crippen MR) is 107 cm³/mol. The molecule has 0 unspecified atom stereocenters. The number of hydrogen-bond acceptors (Lipinski definition) is 4. The quantitative estimate of drug-likeness (QED) is 0.796. The fourth-order valence-corrected chi connectivity index (χ4v) is 3.99. The molecule has 6 heteroatoms. The van der Waals surface area contributed by atoms with Crippen LogP contribution in [0.1, 0.15) is 30.2 Å². The van der Waals surface area contributed by atoms with Gasteiger partial charge in [-0.25, -0.2) is 0 Å². The van der Waals surface area contributed by atoms with Crippen LogP contribution in [0.3, 0.4) is 0 Å². The lowest BCUT2D eigenvalue weighted by molar-refractivity contribution is -0.131. The van der Waals surface area contributed by atoms with E-state index in [4.69, 9.17) is 4.74 Å². The van der Waals surface area contributed by atoms with Crippen LogP contribution in [0.4, 0.5) is 0 Å². The zero-order valence-electron chi connectivity index (χ0n) is 15.6. The molecule has 0 saturated carbocycles. The van der Waals surface area contributed by atoms with Crippen LogP contribution in [0.5, 0.6) is 5.75 Å². The van der Waals surface area contributed by atoms with Crippen LogP contribution in [0, 0.1) is 0 Å². The van der Waals surface area contributed by atoms with E-state index in [2.05, 4.69) is 12.2 Å². The molecule has 1 fully saturated rings. The Hall–Kier alpha value is -2.34. The number of amides is 2. The Morgan fingerprint density at radius 3 is 2.67 bits per heavy atom. The number of likely N-dealkylation sites (tertiary alicyclic amines) is 1. The summed E-state index contributed by atoms with van der Waals surface area (Å²) in [6.45, 7) is 3.47. The van der Waals surface area contributed by atoms with Gasteiger partial charge in [0, 0.05) is 24.0 Å². The molecule has 0 radical (unpaired) electrons. The number of para-hydroxylation sites is 1. The van der Waals surface area contributed by atoms with Gasteiger partial charge >= 0.3 is 0 Å². The standard InChI is InChI=1S/C21H26N2O3S/c1-2-16-6-3-4-8-19(16)26-15-20(24)22-17-9-11-23(12-10-17)21(25)14-18-7-5-13-27-18/h3-8,13,17H,2,9-12,14-15H2,1H3,(H,22,24). The molecule has 0 aliphatic carbocycles. The minimum absolute atomic E-state index is 0.0224. The summed E-state index contributed by atoms with van der Waals surface area (Å²) >= 11 is 1.61. The first-order valence-corrected chi connectivity index (χ1v) is 10.3. The van der Waals surface area contributed by atoms with Gasteiger partial charge in [-0.1, -0.05) is 31.2 Å². The number of thiophene rings is 1. The number of carbonyl (C=O) groups is 2. The molecule has 0 spiro atoms. The van der Waals surface area contributed by atoms with E-state index in [-0.39, 0.29) is 24.5 Å². The summed E-state index contributed by atoms with van der Waals surface area (Å²) in [5, 5.41) is 5.02. The van der Waals surface area contributed by atoms with Crippen molar-refractivity contribution < 1.29 is 14.3 Å². The van der Waals surface area contributed by atoms with Gasteiger partial charge < -0.3 is 15.0 Å². The molecular formula is C21H26N2O3S. The highest BCUT2D eigenvalue weighted by molar-refractivity contribution is 7.10. The van der Waals surface area contributed by atoms with Crippen molar-refractivity contribution in [1.82, 2.24) is 10.2 Å². The van der Waals surface area contributed by atoms with Gasteiger partial charge in [0.1, 0.15) is 5.75 Å². The summed E-state index contributed by atoms with van der Waals surface area (Å²) in [6.07, 6.45) is 2.91. The number of aryl methyl sites for hydroxylation is 1. The monoisotopic (exact) mass is 386 g/mol. The van der Waals surface area contributed by atoms with E-state index in [1.807, 2.05) is 46.7 Å². The molecule has 1 aromatic carbocycles. The van der Waals surface area contributed by atoms with Gasteiger partial charge in [0.15, 0.2) is 6.61 Å². The summed E-state index contributed by atoms with van der Waals surface area (Å²) in [7, 11) is 0. The van der Waals surface area contributed by atoms with Crippen LogP contribution < -0.4 is 10.1 Å². The van der Waals surface area contributed by atoms with Gasteiger partial charge in [-0.3, -0.25) is 9.59 Å². The SMILES string of the molecule is CCc1ccccc1OCC(=O)NC1CCN(C(=O)Cc2cccs2)CC1. The zero-order valence-corrected chi connectivity index (χ0v) is 16.5.